The number of anilines is 1. The molecule has 0 aliphatic rings. The molecule has 2 aromatic heterocycles. The van der Waals surface area contributed by atoms with Crippen LogP contribution in [0.2, 0.25) is 0 Å². The summed E-state index contributed by atoms with van der Waals surface area (Å²) in [5.74, 6) is 7.30. The van der Waals surface area contributed by atoms with Gasteiger partial charge in [0.05, 0.1) is 7.11 Å². The summed E-state index contributed by atoms with van der Waals surface area (Å²) in [4.78, 5) is 8.35. The molecule has 84 valence electrons. The van der Waals surface area contributed by atoms with Gasteiger partial charge in [-0.15, -0.1) is 0 Å². The molecule has 0 aliphatic carbocycles. The summed E-state index contributed by atoms with van der Waals surface area (Å²) in [5.41, 5.74) is 7.27. The van der Waals surface area contributed by atoms with Crippen LogP contribution < -0.4 is 16.3 Å². The quantitative estimate of drug-likeness (QED) is 0.720. The molecule has 6 nitrogen and oxygen atoms in total. The van der Waals surface area contributed by atoms with Gasteiger partial charge in [0, 0.05) is 17.8 Å². The van der Waals surface area contributed by atoms with E-state index in [0.29, 0.717) is 23.2 Å². The smallest absolute Gasteiger partial charge is 0.212 e. The number of aromatic nitrogens is 3. The molecule has 2 rings (SSSR count). The van der Waals surface area contributed by atoms with Gasteiger partial charge in [0.1, 0.15) is 11.5 Å². The van der Waals surface area contributed by atoms with Crippen molar-refractivity contribution in [2.75, 3.05) is 18.7 Å². The lowest BCUT2D eigenvalue weighted by molar-refractivity contribution is 0.398. The van der Waals surface area contributed by atoms with Gasteiger partial charge >= 0.3 is 0 Å². The van der Waals surface area contributed by atoms with Crippen molar-refractivity contribution in [1.82, 2.24) is 14.6 Å². The Labute approximate surface area is 92.8 Å². The summed E-state index contributed by atoms with van der Waals surface area (Å²) in [6.45, 7) is 1.79. The average Bonchev–Trinajstić information content (AvgIpc) is 2.57. The lowest BCUT2D eigenvalue weighted by Gasteiger charge is -2.01. The first kappa shape index (κ1) is 10.3. The summed E-state index contributed by atoms with van der Waals surface area (Å²) in [7, 11) is 1.56. The Kier molecular flexibility index (Phi) is 2.40. The molecule has 2 aromatic rings. The van der Waals surface area contributed by atoms with E-state index >= 15 is 0 Å². The summed E-state index contributed by atoms with van der Waals surface area (Å²) in [6.07, 6.45) is 1.65. The number of hydrogen-bond donors (Lipinski definition) is 2. The summed E-state index contributed by atoms with van der Waals surface area (Å²) < 4.78 is 6.32. The van der Waals surface area contributed by atoms with E-state index in [1.165, 1.54) is 4.68 Å². The monoisotopic (exact) mass is 219 g/mol. The van der Waals surface area contributed by atoms with Crippen LogP contribution in [0, 0.1) is 6.92 Å². The van der Waals surface area contributed by atoms with Gasteiger partial charge in [0.2, 0.25) is 5.88 Å². The van der Waals surface area contributed by atoms with E-state index in [1.807, 2.05) is 6.07 Å². The number of aryl methyl sites for hydroxylation is 1. The first-order valence-electron chi connectivity index (χ1n) is 4.73. The van der Waals surface area contributed by atoms with E-state index in [9.17, 15) is 0 Å². The number of hydrogen-bond acceptors (Lipinski definition) is 5. The van der Waals surface area contributed by atoms with Gasteiger partial charge in [0.15, 0.2) is 5.82 Å². The van der Waals surface area contributed by atoms with Crippen LogP contribution in [0.15, 0.2) is 18.3 Å². The number of nitrogen functional groups attached to an aromatic ring is 2. The van der Waals surface area contributed by atoms with Crippen molar-refractivity contribution in [2.45, 2.75) is 6.92 Å². The molecule has 0 aromatic carbocycles. The SMILES string of the molecule is COc1ccc(-c2nc(C)n(N)c2N)cn1. The second kappa shape index (κ2) is 3.73. The fraction of sp³-hybridized carbons (Fsp3) is 0.200. The van der Waals surface area contributed by atoms with Gasteiger partial charge in [-0.3, -0.25) is 0 Å². The van der Waals surface area contributed by atoms with Crippen LogP contribution in [-0.2, 0) is 0 Å². The Balaban J connectivity index is 2.46. The number of nitrogens with zero attached hydrogens (tertiary/aromatic N) is 3. The lowest BCUT2D eigenvalue weighted by atomic mass is 10.2. The third-order valence-corrected chi connectivity index (χ3v) is 2.34. The van der Waals surface area contributed by atoms with Gasteiger partial charge in [-0.05, 0) is 13.0 Å². The van der Waals surface area contributed by atoms with Gasteiger partial charge in [-0.2, -0.15) is 0 Å². The van der Waals surface area contributed by atoms with Crippen LogP contribution >= 0.6 is 0 Å². The molecule has 0 saturated carbocycles. The maximum Gasteiger partial charge on any atom is 0.212 e. The minimum atomic E-state index is 0.421. The second-order valence-electron chi connectivity index (χ2n) is 3.35. The molecule has 2 heterocycles. The topological polar surface area (TPSA) is 92.0 Å². The minimum Gasteiger partial charge on any atom is -0.481 e. The third kappa shape index (κ3) is 1.54. The molecule has 0 radical (unpaired) electrons. The Morgan fingerprint density at radius 3 is 2.56 bits per heavy atom. The highest BCUT2D eigenvalue weighted by molar-refractivity contribution is 5.70. The number of pyridine rings is 1. The van der Waals surface area contributed by atoms with Gasteiger partial charge < -0.3 is 16.3 Å². The van der Waals surface area contributed by atoms with Gasteiger partial charge in [0.25, 0.3) is 0 Å². The normalized spacial score (nSPS) is 10.4. The minimum absolute atomic E-state index is 0.421. The fourth-order valence-corrected chi connectivity index (χ4v) is 1.41. The maximum absolute atomic E-state index is 5.82. The van der Waals surface area contributed by atoms with Crippen LogP contribution in [-0.4, -0.2) is 21.8 Å². The van der Waals surface area contributed by atoms with Crippen LogP contribution in [0.1, 0.15) is 5.82 Å². The Bertz CT molecular complexity index is 503. The van der Waals surface area contributed by atoms with Crippen molar-refractivity contribution >= 4 is 5.82 Å². The first-order valence-corrected chi connectivity index (χ1v) is 4.73. The average molecular weight is 219 g/mol. The molecule has 0 amide bonds. The first-order chi connectivity index (χ1) is 7.63. The molecular formula is C10H13N5O. The van der Waals surface area contributed by atoms with E-state index in [1.54, 1.807) is 26.3 Å². The number of methoxy groups -OCH3 is 1. The standard InChI is InChI=1S/C10H13N5O/c1-6-14-9(10(11)15(6)12)7-3-4-8(16-2)13-5-7/h3-5H,11-12H2,1-2H3. The van der Waals surface area contributed by atoms with Crippen molar-refractivity contribution in [3.63, 3.8) is 0 Å². The van der Waals surface area contributed by atoms with Crippen LogP contribution in [0.3, 0.4) is 0 Å². The molecular weight excluding hydrogens is 206 g/mol. The molecule has 4 N–H and O–H groups in total. The number of imidazole rings is 1. The molecule has 6 heteroatoms. The van der Waals surface area contributed by atoms with Crippen molar-refractivity contribution in [1.29, 1.82) is 0 Å². The van der Waals surface area contributed by atoms with E-state index in [-0.39, 0.29) is 0 Å². The van der Waals surface area contributed by atoms with E-state index < -0.39 is 0 Å². The van der Waals surface area contributed by atoms with Crippen LogP contribution in [0.4, 0.5) is 5.82 Å². The molecule has 0 spiro atoms. The molecule has 0 fully saturated rings. The van der Waals surface area contributed by atoms with Crippen LogP contribution in [0.5, 0.6) is 5.88 Å². The molecule has 16 heavy (non-hydrogen) atoms. The predicted molar refractivity (Wildman–Crippen MR) is 61.3 cm³/mol. The predicted octanol–water partition coefficient (Wildman–Crippen LogP) is 0.558. The Morgan fingerprint density at radius 1 is 1.38 bits per heavy atom. The van der Waals surface area contributed by atoms with Crippen molar-refractivity contribution < 1.29 is 4.74 Å². The van der Waals surface area contributed by atoms with E-state index in [4.69, 9.17) is 16.3 Å². The summed E-state index contributed by atoms with van der Waals surface area (Å²) >= 11 is 0. The van der Waals surface area contributed by atoms with Crippen LogP contribution in [0.25, 0.3) is 11.3 Å². The lowest BCUT2D eigenvalue weighted by Crippen LogP contribution is -2.13. The highest BCUT2D eigenvalue weighted by Crippen LogP contribution is 2.24. The largest absolute Gasteiger partial charge is 0.481 e. The molecule has 0 atom stereocenters. The second-order valence-corrected chi connectivity index (χ2v) is 3.35. The fourth-order valence-electron chi connectivity index (χ4n) is 1.41. The zero-order valence-electron chi connectivity index (χ0n) is 9.14. The van der Waals surface area contributed by atoms with Gasteiger partial charge in [-0.25, -0.2) is 14.6 Å². The summed E-state index contributed by atoms with van der Waals surface area (Å²) in [6, 6.07) is 3.59. The highest BCUT2D eigenvalue weighted by atomic mass is 16.5. The number of ether oxygens (including phenoxy) is 1. The Morgan fingerprint density at radius 2 is 2.12 bits per heavy atom. The van der Waals surface area contributed by atoms with Gasteiger partial charge in [-0.1, -0.05) is 0 Å². The third-order valence-electron chi connectivity index (χ3n) is 2.34. The highest BCUT2D eigenvalue weighted by Gasteiger charge is 2.12. The zero-order chi connectivity index (χ0) is 11.7. The molecule has 0 aliphatic heterocycles. The zero-order valence-corrected chi connectivity index (χ0v) is 9.14. The number of rotatable bonds is 2. The van der Waals surface area contributed by atoms with Crippen molar-refractivity contribution in [3.8, 4) is 17.1 Å². The van der Waals surface area contributed by atoms with Crippen molar-refractivity contribution in [2.24, 2.45) is 0 Å². The van der Waals surface area contributed by atoms with E-state index in [0.717, 1.165) is 5.56 Å². The summed E-state index contributed by atoms with van der Waals surface area (Å²) in [5, 5.41) is 0. The number of nitrogens with two attached hydrogens (primary N) is 2. The molecule has 0 unspecified atom stereocenters. The maximum atomic E-state index is 5.82. The molecule has 0 bridgehead atoms. The van der Waals surface area contributed by atoms with E-state index in [2.05, 4.69) is 9.97 Å². The van der Waals surface area contributed by atoms with Crippen molar-refractivity contribution in [3.05, 3.63) is 24.2 Å². The molecule has 0 saturated heterocycles. The Hall–Kier alpha value is -2.24.